The standard InChI is InChI=1S/C22H21N3O6/c1-2-11-30-22(29)25-17(12-19(27)28)18(26)13-31-20-15-6-4-3-5-14(15)7-8-16(20)21-23-9-10-24-21/h2-10,17H,1,11-13H2,(H,23,24)(H,25,29)(H,27,28)/t17-/m0/s1. The molecule has 1 amide bonds. The number of aliphatic carboxylic acids is 1. The van der Waals surface area contributed by atoms with Gasteiger partial charge in [0, 0.05) is 17.8 Å². The van der Waals surface area contributed by atoms with Crippen molar-refractivity contribution in [3.8, 4) is 17.1 Å². The zero-order chi connectivity index (χ0) is 22.2. The summed E-state index contributed by atoms with van der Waals surface area (Å²) < 4.78 is 10.6. The Morgan fingerprint density at radius 3 is 2.74 bits per heavy atom. The van der Waals surface area contributed by atoms with Crippen LogP contribution in [-0.4, -0.2) is 52.2 Å². The van der Waals surface area contributed by atoms with Gasteiger partial charge in [0.2, 0.25) is 0 Å². The Morgan fingerprint density at radius 2 is 2.03 bits per heavy atom. The summed E-state index contributed by atoms with van der Waals surface area (Å²) in [5, 5.41) is 13.0. The van der Waals surface area contributed by atoms with Crippen LogP contribution >= 0.6 is 0 Å². The van der Waals surface area contributed by atoms with Crippen LogP contribution in [0.25, 0.3) is 22.2 Å². The average molecular weight is 423 g/mol. The van der Waals surface area contributed by atoms with Crippen LogP contribution in [0.1, 0.15) is 6.42 Å². The second-order valence-corrected chi connectivity index (χ2v) is 6.54. The van der Waals surface area contributed by atoms with Crippen molar-refractivity contribution in [2.75, 3.05) is 13.2 Å². The van der Waals surface area contributed by atoms with Crippen molar-refractivity contribution in [1.29, 1.82) is 0 Å². The summed E-state index contributed by atoms with van der Waals surface area (Å²) in [6, 6.07) is 9.89. The minimum atomic E-state index is -1.31. The second kappa shape index (κ2) is 10.1. The summed E-state index contributed by atoms with van der Waals surface area (Å²) in [6.07, 6.45) is 3.10. The van der Waals surface area contributed by atoms with E-state index in [-0.39, 0.29) is 6.61 Å². The molecule has 1 heterocycles. The zero-order valence-electron chi connectivity index (χ0n) is 16.5. The highest BCUT2D eigenvalue weighted by Crippen LogP contribution is 2.35. The van der Waals surface area contributed by atoms with E-state index in [9.17, 15) is 14.4 Å². The largest absolute Gasteiger partial charge is 0.484 e. The third-order valence-corrected chi connectivity index (χ3v) is 4.38. The van der Waals surface area contributed by atoms with Crippen LogP contribution in [0.3, 0.4) is 0 Å². The monoisotopic (exact) mass is 423 g/mol. The number of nitrogens with zero attached hydrogens (tertiary/aromatic N) is 1. The molecule has 9 heteroatoms. The number of hydrogen-bond donors (Lipinski definition) is 3. The van der Waals surface area contributed by atoms with Gasteiger partial charge in [-0.05, 0) is 11.5 Å². The summed E-state index contributed by atoms with van der Waals surface area (Å²) in [4.78, 5) is 42.9. The maximum atomic E-state index is 12.7. The maximum absolute atomic E-state index is 12.7. The smallest absolute Gasteiger partial charge is 0.408 e. The fourth-order valence-corrected chi connectivity index (χ4v) is 2.98. The van der Waals surface area contributed by atoms with E-state index in [0.717, 1.165) is 10.8 Å². The van der Waals surface area contributed by atoms with Gasteiger partial charge in [-0.25, -0.2) is 9.78 Å². The normalized spacial score (nSPS) is 11.5. The molecule has 3 rings (SSSR count). The minimum absolute atomic E-state index is 0.0706. The van der Waals surface area contributed by atoms with Gasteiger partial charge in [-0.1, -0.05) is 43.0 Å². The lowest BCUT2D eigenvalue weighted by Crippen LogP contribution is -2.44. The molecule has 3 aromatic rings. The first-order valence-corrected chi connectivity index (χ1v) is 9.42. The number of H-pyrrole nitrogens is 1. The number of carboxylic acid groups (broad SMARTS) is 1. The molecule has 0 unspecified atom stereocenters. The average Bonchev–Trinajstić information content (AvgIpc) is 3.29. The van der Waals surface area contributed by atoms with Gasteiger partial charge in [0.15, 0.2) is 5.78 Å². The fourth-order valence-electron chi connectivity index (χ4n) is 2.98. The van der Waals surface area contributed by atoms with E-state index in [1.54, 1.807) is 12.4 Å². The number of Topliss-reactive ketones (excluding diaryl/α,β-unsaturated/α-hetero) is 1. The quantitative estimate of drug-likeness (QED) is 0.427. The number of ether oxygens (including phenoxy) is 2. The Labute approximate surface area is 177 Å². The number of carbonyl (C=O) groups is 3. The molecule has 1 atom stereocenters. The van der Waals surface area contributed by atoms with E-state index in [1.165, 1.54) is 6.08 Å². The van der Waals surface area contributed by atoms with E-state index >= 15 is 0 Å². The fraction of sp³-hybridized carbons (Fsp3) is 0.182. The number of aromatic nitrogens is 2. The number of alkyl carbamates (subject to hydrolysis) is 1. The first kappa shape index (κ1) is 21.6. The first-order chi connectivity index (χ1) is 15.0. The highest BCUT2D eigenvalue weighted by atomic mass is 16.5. The number of amides is 1. The van der Waals surface area contributed by atoms with E-state index in [4.69, 9.17) is 14.6 Å². The number of fused-ring (bicyclic) bond motifs is 1. The van der Waals surface area contributed by atoms with E-state index in [0.29, 0.717) is 17.1 Å². The predicted octanol–water partition coefficient (Wildman–Crippen LogP) is 2.93. The third-order valence-electron chi connectivity index (χ3n) is 4.38. The van der Waals surface area contributed by atoms with Crippen molar-refractivity contribution in [2.45, 2.75) is 12.5 Å². The van der Waals surface area contributed by atoms with Gasteiger partial charge in [-0.15, -0.1) is 0 Å². The summed E-state index contributed by atoms with van der Waals surface area (Å²) in [5.41, 5.74) is 0.643. The Morgan fingerprint density at radius 1 is 1.23 bits per heavy atom. The number of benzene rings is 2. The zero-order valence-corrected chi connectivity index (χ0v) is 16.5. The van der Waals surface area contributed by atoms with Crippen molar-refractivity contribution in [3.05, 3.63) is 61.4 Å². The molecule has 0 fully saturated rings. The molecular formula is C22H21N3O6. The van der Waals surface area contributed by atoms with Gasteiger partial charge in [0.25, 0.3) is 0 Å². The summed E-state index contributed by atoms with van der Waals surface area (Å²) in [5.74, 6) is -0.883. The van der Waals surface area contributed by atoms with E-state index in [2.05, 4.69) is 21.9 Å². The first-order valence-electron chi connectivity index (χ1n) is 9.42. The Hall–Kier alpha value is -4.14. The molecular weight excluding hydrogens is 402 g/mol. The van der Waals surface area contributed by atoms with Gasteiger partial charge in [-0.3, -0.25) is 9.59 Å². The number of imidazole rings is 1. The number of carbonyl (C=O) groups excluding carboxylic acids is 2. The van der Waals surface area contributed by atoms with Crippen LogP contribution in [-0.2, 0) is 14.3 Å². The van der Waals surface area contributed by atoms with Gasteiger partial charge < -0.3 is 24.9 Å². The SMILES string of the molecule is C=CCOC(=O)N[C@@H](CC(=O)O)C(=O)COc1c(-c2ncc[nH]2)ccc2ccccc12. The van der Waals surface area contributed by atoms with Crippen molar-refractivity contribution >= 4 is 28.6 Å². The third kappa shape index (κ3) is 5.47. The van der Waals surface area contributed by atoms with Crippen LogP contribution in [0.5, 0.6) is 5.75 Å². The van der Waals surface area contributed by atoms with Crippen molar-refractivity contribution in [3.63, 3.8) is 0 Å². The summed E-state index contributed by atoms with van der Waals surface area (Å²) in [7, 11) is 0. The van der Waals surface area contributed by atoms with Crippen LogP contribution < -0.4 is 10.1 Å². The molecule has 3 N–H and O–H groups in total. The predicted molar refractivity (Wildman–Crippen MR) is 113 cm³/mol. The molecule has 0 saturated carbocycles. The number of hydrogen-bond acceptors (Lipinski definition) is 6. The summed E-state index contributed by atoms with van der Waals surface area (Å²) >= 11 is 0. The molecule has 0 aliphatic rings. The van der Waals surface area contributed by atoms with Crippen molar-refractivity contribution < 1.29 is 29.0 Å². The molecule has 0 radical (unpaired) electrons. The molecule has 0 bridgehead atoms. The van der Waals surface area contributed by atoms with Gasteiger partial charge in [0.05, 0.1) is 12.0 Å². The number of ketones is 1. The maximum Gasteiger partial charge on any atom is 0.408 e. The highest BCUT2D eigenvalue weighted by molar-refractivity contribution is 5.95. The Balaban J connectivity index is 1.83. The Bertz CT molecular complexity index is 1090. The van der Waals surface area contributed by atoms with Crippen molar-refractivity contribution in [2.24, 2.45) is 0 Å². The highest BCUT2D eigenvalue weighted by Gasteiger charge is 2.25. The number of rotatable bonds is 10. The second-order valence-electron chi connectivity index (χ2n) is 6.54. The molecule has 0 aliphatic carbocycles. The lowest BCUT2D eigenvalue weighted by Gasteiger charge is -2.17. The molecule has 0 aliphatic heterocycles. The molecule has 31 heavy (non-hydrogen) atoms. The topological polar surface area (TPSA) is 131 Å². The number of aromatic amines is 1. The van der Waals surface area contributed by atoms with Gasteiger partial charge >= 0.3 is 12.1 Å². The van der Waals surface area contributed by atoms with E-state index < -0.39 is 36.9 Å². The molecule has 160 valence electrons. The molecule has 0 saturated heterocycles. The molecule has 2 aromatic carbocycles. The van der Waals surface area contributed by atoms with Crippen LogP contribution in [0.4, 0.5) is 4.79 Å². The lowest BCUT2D eigenvalue weighted by atomic mass is 10.0. The van der Waals surface area contributed by atoms with Crippen LogP contribution in [0.15, 0.2) is 61.4 Å². The van der Waals surface area contributed by atoms with Crippen LogP contribution in [0, 0.1) is 0 Å². The van der Waals surface area contributed by atoms with Crippen LogP contribution in [0.2, 0.25) is 0 Å². The van der Waals surface area contributed by atoms with E-state index in [1.807, 2.05) is 36.4 Å². The van der Waals surface area contributed by atoms with Gasteiger partial charge in [-0.2, -0.15) is 0 Å². The number of carboxylic acids is 1. The van der Waals surface area contributed by atoms with Crippen molar-refractivity contribution in [1.82, 2.24) is 15.3 Å². The Kier molecular flexibility index (Phi) is 7.00. The molecule has 1 aromatic heterocycles. The lowest BCUT2D eigenvalue weighted by molar-refractivity contribution is -0.139. The molecule has 9 nitrogen and oxygen atoms in total. The molecule has 0 spiro atoms. The van der Waals surface area contributed by atoms with Gasteiger partial charge in [0.1, 0.15) is 30.8 Å². The summed E-state index contributed by atoms with van der Waals surface area (Å²) in [6.45, 7) is 2.89. The minimum Gasteiger partial charge on any atom is -0.484 e. The number of nitrogens with one attached hydrogen (secondary N) is 2.